The summed E-state index contributed by atoms with van der Waals surface area (Å²) in [5.74, 6) is -0.00916. The van der Waals surface area contributed by atoms with Crippen LogP contribution in [0.2, 0.25) is 0 Å². The zero-order valence-corrected chi connectivity index (χ0v) is 19.5. The molecule has 0 atom stereocenters. The Morgan fingerprint density at radius 1 is 0.943 bits per heavy atom. The Kier molecular flexibility index (Phi) is 8.64. The number of rotatable bonds is 8. The van der Waals surface area contributed by atoms with Gasteiger partial charge in [-0.25, -0.2) is 4.99 Å². The molecule has 3 rings (SSSR count). The van der Waals surface area contributed by atoms with Gasteiger partial charge in [-0.1, -0.05) is 36.8 Å². The van der Waals surface area contributed by atoms with E-state index < -0.39 is 11.7 Å². The first-order valence-corrected chi connectivity index (χ1v) is 11.5. The van der Waals surface area contributed by atoms with E-state index in [2.05, 4.69) is 15.2 Å². The maximum atomic E-state index is 13.8. The minimum Gasteiger partial charge on any atom is -0.398 e. The Hall–Kier alpha value is -3.66. The molecular formula is C25H32F3N7. The lowest BCUT2D eigenvalue weighted by Gasteiger charge is -2.26. The summed E-state index contributed by atoms with van der Waals surface area (Å²) in [6.45, 7) is 3.20. The van der Waals surface area contributed by atoms with Crippen LogP contribution in [-0.2, 0) is 6.18 Å². The second kappa shape index (κ2) is 11.7. The molecule has 1 aliphatic rings. The number of hydrogen-bond donors (Lipinski definition) is 5. The van der Waals surface area contributed by atoms with Crippen molar-refractivity contribution in [1.29, 1.82) is 0 Å². The van der Waals surface area contributed by atoms with Gasteiger partial charge in [0.2, 0.25) is 0 Å². The summed E-state index contributed by atoms with van der Waals surface area (Å²) in [5, 5.41) is 3.06. The van der Waals surface area contributed by atoms with Crippen molar-refractivity contribution in [3.63, 3.8) is 0 Å². The van der Waals surface area contributed by atoms with Crippen LogP contribution in [-0.4, -0.2) is 36.9 Å². The summed E-state index contributed by atoms with van der Waals surface area (Å²) in [4.78, 5) is 6.45. The van der Waals surface area contributed by atoms with Gasteiger partial charge in [-0.15, -0.1) is 0 Å². The van der Waals surface area contributed by atoms with Gasteiger partial charge >= 0.3 is 6.18 Å². The highest BCUT2D eigenvalue weighted by atomic mass is 19.4. The number of para-hydroxylation sites is 1. The Labute approximate surface area is 203 Å². The molecule has 0 radical (unpaired) electrons. The van der Waals surface area contributed by atoms with E-state index >= 15 is 0 Å². The number of likely N-dealkylation sites (tertiary alicyclic amines) is 1. The molecule has 0 saturated carbocycles. The van der Waals surface area contributed by atoms with Crippen molar-refractivity contribution >= 4 is 17.1 Å². The molecule has 1 saturated heterocycles. The van der Waals surface area contributed by atoms with E-state index in [9.17, 15) is 13.2 Å². The quantitative estimate of drug-likeness (QED) is 0.168. The summed E-state index contributed by atoms with van der Waals surface area (Å²) in [6, 6.07) is 12.0. The van der Waals surface area contributed by atoms with Gasteiger partial charge in [-0.2, -0.15) is 13.2 Å². The molecule has 1 heterocycles. The third-order valence-corrected chi connectivity index (χ3v) is 5.78. The van der Waals surface area contributed by atoms with E-state index in [1.807, 2.05) is 0 Å². The van der Waals surface area contributed by atoms with Crippen LogP contribution in [0.5, 0.6) is 0 Å². The van der Waals surface area contributed by atoms with Gasteiger partial charge in [-0.05, 0) is 55.8 Å². The summed E-state index contributed by atoms with van der Waals surface area (Å²) < 4.78 is 41.3. The third-order valence-electron chi connectivity index (χ3n) is 5.78. The smallest absolute Gasteiger partial charge is 0.398 e. The average Bonchev–Trinajstić information content (AvgIpc) is 2.83. The zero-order chi connectivity index (χ0) is 25.4. The summed E-state index contributed by atoms with van der Waals surface area (Å²) in [5.41, 5.74) is 24.4. The van der Waals surface area contributed by atoms with Gasteiger partial charge in [0.1, 0.15) is 17.5 Å². The number of benzene rings is 2. The number of piperidine rings is 1. The van der Waals surface area contributed by atoms with E-state index in [-0.39, 0.29) is 28.6 Å². The second-order valence-electron chi connectivity index (χ2n) is 8.35. The second-order valence-corrected chi connectivity index (χ2v) is 8.35. The van der Waals surface area contributed by atoms with Crippen molar-refractivity contribution in [2.75, 3.05) is 31.9 Å². The van der Waals surface area contributed by atoms with Gasteiger partial charge in [0, 0.05) is 29.9 Å². The lowest BCUT2D eigenvalue weighted by molar-refractivity contribution is -0.137. The Morgan fingerprint density at radius 2 is 1.57 bits per heavy atom. The first-order valence-electron chi connectivity index (χ1n) is 11.5. The highest BCUT2D eigenvalue weighted by Gasteiger charge is 2.34. The molecule has 0 aliphatic carbocycles. The summed E-state index contributed by atoms with van der Waals surface area (Å²) in [7, 11) is 0. The van der Waals surface area contributed by atoms with E-state index in [0.717, 1.165) is 38.5 Å². The Morgan fingerprint density at radius 3 is 2.23 bits per heavy atom. The molecule has 0 bridgehead atoms. The van der Waals surface area contributed by atoms with Crippen LogP contribution in [0.25, 0.3) is 5.57 Å². The van der Waals surface area contributed by atoms with Crippen molar-refractivity contribution in [3.05, 3.63) is 82.9 Å². The number of nitrogens with one attached hydrogen (secondary N) is 1. The monoisotopic (exact) mass is 487 g/mol. The van der Waals surface area contributed by atoms with Gasteiger partial charge < -0.3 is 33.2 Å². The number of nitrogen functional groups attached to an aromatic ring is 1. The largest absolute Gasteiger partial charge is 0.417 e. The van der Waals surface area contributed by atoms with Crippen molar-refractivity contribution in [2.45, 2.75) is 25.4 Å². The SMILES string of the molecule is N\C(=N/C(N)=C/C(=C(\N)NCCN1CCCCC1)c1ccccc1C(F)(F)F)c1ccccc1N. The maximum absolute atomic E-state index is 13.8. The molecule has 2 aromatic carbocycles. The minimum absolute atomic E-state index is 0.0388. The van der Waals surface area contributed by atoms with Crippen molar-refractivity contribution in [2.24, 2.45) is 22.2 Å². The molecule has 0 amide bonds. The fourth-order valence-electron chi connectivity index (χ4n) is 4.00. The number of nitrogens with two attached hydrogens (primary N) is 4. The van der Waals surface area contributed by atoms with Crippen molar-refractivity contribution in [1.82, 2.24) is 10.2 Å². The fourth-order valence-corrected chi connectivity index (χ4v) is 4.00. The Balaban J connectivity index is 1.95. The number of halogens is 3. The van der Waals surface area contributed by atoms with Gasteiger partial charge in [-0.3, -0.25) is 0 Å². The number of anilines is 1. The third kappa shape index (κ3) is 7.16. The van der Waals surface area contributed by atoms with Gasteiger partial charge in [0.15, 0.2) is 0 Å². The molecule has 2 aromatic rings. The van der Waals surface area contributed by atoms with Crippen molar-refractivity contribution < 1.29 is 13.2 Å². The normalized spacial score (nSPS) is 16.7. The predicted molar refractivity (Wildman–Crippen MR) is 135 cm³/mol. The van der Waals surface area contributed by atoms with E-state index in [1.165, 1.54) is 30.7 Å². The van der Waals surface area contributed by atoms with Crippen LogP contribution in [0.1, 0.15) is 36.0 Å². The minimum atomic E-state index is -4.58. The lowest BCUT2D eigenvalue weighted by Crippen LogP contribution is -2.36. The molecule has 0 unspecified atom stereocenters. The summed E-state index contributed by atoms with van der Waals surface area (Å²) >= 11 is 0. The van der Waals surface area contributed by atoms with Gasteiger partial charge in [0.25, 0.3) is 0 Å². The first kappa shape index (κ1) is 26.0. The number of nitrogens with zero attached hydrogens (tertiary/aromatic N) is 2. The standard InChI is InChI=1S/C25H32F3N7/c26-25(27,28)20-10-4-2-8-17(20)19(23(31)33-12-15-35-13-6-1-7-14-35)16-22(30)34-24(32)18-9-3-5-11-21(18)29/h2-5,8-11,16,33H,1,6-7,12-15,29-31H2,(H2,32,34)/b22-16+,23-19-. The van der Waals surface area contributed by atoms with Crippen LogP contribution in [0, 0.1) is 0 Å². The number of allylic oxidation sites excluding steroid dienone is 2. The van der Waals surface area contributed by atoms with E-state index in [4.69, 9.17) is 22.9 Å². The van der Waals surface area contributed by atoms with Crippen LogP contribution >= 0.6 is 0 Å². The van der Waals surface area contributed by atoms with E-state index in [1.54, 1.807) is 24.3 Å². The molecule has 7 nitrogen and oxygen atoms in total. The Bertz CT molecular complexity index is 1100. The molecule has 1 aliphatic heterocycles. The molecule has 10 heteroatoms. The van der Waals surface area contributed by atoms with Crippen LogP contribution in [0.15, 0.2) is 71.2 Å². The molecule has 35 heavy (non-hydrogen) atoms. The van der Waals surface area contributed by atoms with Crippen LogP contribution in [0.3, 0.4) is 0 Å². The number of alkyl halides is 3. The molecule has 188 valence electrons. The first-order chi connectivity index (χ1) is 16.7. The number of aliphatic imine (C=N–C) groups is 1. The molecule has 1 fully saturated rings. The number of amidine groups is 1. The summed E-state index contributed by atoms with van der Waals surface area (Å²) in [6.07, 6.45) is 0.201. The zero-order valence-electron chi connectivity index (χ0n) is 19.5. The molecule has 9 N–H and O–H groups in total. The van der Waals surface area contributed by atoms with Crippen LogP contribution < -0.4 is 28.3 Å². The van der Waals surface area contributed by atoms with Gasteiger partial charge in [0.05, 0.1) is 5.56 Å². The van der Waals surface area contributed by atoms with Crippen molar-refractivity contribution in [3.8, 4) is 0 Å². The van der Waals surface area contributed by atoms with E-state index in [0.29, 0.717) is 17.8 Å². The predicted octanol–water partition coefficient (Wildman–Crippen LogP) is 3.20. The molecular weight excluding hydrogens is 455 g/mol. The van der Waals surface area contributed by atoms with Crippen LogP contribution in [0.4, 0.5) is 18.9 Å². The topological polar surface area (TPSA) is 132 Å². The maximum Gasteiger partial charge on any atom is 0.417 e. The molecule has 0 aromatic heterocycles. The highest BCUT2D eigenvalue weighted by Crippen LogP contribution is 2.35. The highest BCUT2D eigenvalue weighted by molar-refractivity contribution is 6.02. The fraction of sp³-hybridized carbons (Fsp3) is 0.320. The lowest BCUT2D eigenvalue weighted by atomic mass is 9.98. The molecule has 0 spiro atoms. The number of hydrogen-bond acceptors (Lipinski definition) is 6. The average molecular weight is 488 g/mol.